The number of carbonyl (C=O) groups excluding carboxylic acids is 1. The van der Waals surface area contributed by atoms with Crippen LogP contribution in [0.2, 0.25) is 0 Å². The summed E-state index contributed by atoms with van der Waals surface area (Å²) in [6, 6.07) is 6.45. The molecule has 1 aliphatic rings. The fraction of sp³-hybridized carbons (Fsp3) is 0.500. The van der Waals surface area contributed by atoms with Gasteiger partial charge in [-0.15, -0.1) is 0 Å². The number of ether oxygens (including phenoxy) is 2. The summed E-state index contributed by atoms with van der Waals surface area (Å²) in [6.07, 6.45) is -4.46. The average molecular weight is 297 g/mol. The van der Waals surface area contributed by atoms with E-state index in [1.807, 2.05) is 0 Å². The van der Waals surface area contributed by atoms with Gasteiger partial charge >= 0.3 is 5.97 Å². The van der Waals surface area contributed by atoms with Crippen LogP contribution >= 0.6 is 0 Å². The first-order valence-corrected chi connectivity index (χ1v) is 6.72. The lowest BCUT2D eigenvalue weighted by molar-refractivity contribution is -0.178. The molecule has 21 heavy (non-hydrogen) atoms. The average Bonchev–Trinajstić information content (AvgIpc) is 2.49. The fourth-order valence-corrected chi connectivity index (χ4v) is 2.01. The molecule has 1 aliphatic heterocycles. The number of rotatable bonds is 4. The van der Waals surface area contributed by atoms with Crippen molar-refractivity contribution in [3.05, 3.63) is 29.8 Å². The topological polar surface area (TPSA) is 108 Å². The number of nitrogens with one attached hydrogen (secondary N) is 1. The number of anilines is 1. The van der Waals surface area contributed by atoms with Gasteiger partial charge in [0.25, 0.3) is 0 Å². The van der Waals surface area contributed by atoms with Crippen LogP contribution in [0.25, 0.3) is 0 Å². The van der Waals surface area contributed by atoms with E-state index in [9.17, 15) is 20.1 Å². The van der Waals surface area contributed by atoms with Crippen LogP contribution in [0.1, 0.15) is 17.3 Å². The molecule has 2 rings (SSSR count). The van der Waals surface area contributed by atoms with E-state index >= 15 is 0 Å². The lowest BCUT2D eigenvalue weighted by Gasteiger charge is -2.35. The number of hydrogen-bond donors (Lipinski definition) is 4. The molecule has 4 N–H and O–H groups in total. The van der Waals surface area contributed by atoms with Gasteiger partial charge in [-0.1, -0.05) is 0 Å². The van der Waals surface area contributed by atoms with Gasteiger partial charge in [0.2, 0.25) is 0 Å². The molecule has 1 fully saturated rings. The Hall–Kier alpha value is -1.67. The molecule has 0 aromatic heterocycles. The molecule has 0 aliphatic carbocycles. The molecular weight excluding hydrogens is 278 g/mol. The Morgan fingerprint density at radius 2 is 1.95 bits per heavy atom. The normalized spacial score (nSPS) is 29.0. The van der Waals surface area contributed by atoms with Gasteiger partial charge in [-0.25, -0.2) is 4.79 Å². The van der Waals surface area contributed by atoms with Crippen molar-refractivity contribution >= 4 is 11.7 Å². The Morgan fingerprint density at radius 1 is 1.29 bits per heavy atom. The number of aliphatic hydroxyl groups excluding tert-OH is 3. The highest BCUT2D eigenvalue weighted by molar-refractivity contribution is 5.89. The van der Waals surface area contributed by atoms with Crippen molar-refractivity contribution in [3.63, 3.8) is 0 Å². The highest BCUT2D eigenvalue weighted by Gasteiger charge is 2.37. The second-order valence-electron chi connectivity index (χ2n) is 4.74. The van der Waals surface area contributed by atoms with Gasteiger partial charge in [-0.05, 0) is 31.2 Å². The lowest BCUT2D eigenvalue weighted by atomic mass is 10.0. The van der Waals surface area contributed by atoms with Crippen molar-refractivity contribution in [1.82, 2.24) is 0 Å². The summed E-state index contributed by atoms with van der Waals surface area (Å²) in [7, 11) is 0. The van der Waals surface area contributed by atoms with Crippen LogP contribution in [0.4, 0.5) is 5.69 Å². The zero-order chi connectivity index (χ0) is 15.4. The maximum absolute atomic E-state index is 11.5. The highest BCUT2D eigenvalue weighted by Crippen LogP contribution is 2.19. The molecule has 1 aromatic carbocycles. The summed E-state index contributed by atoms with van der Waals surface area (Å²) in [6.45, 7) is 1.97. The molecule has 1 saturated heterocycles. The third-order valence-corrected chi connectivity index (χ3v) is 3.21. The molecule has 7 heteroatoms. The fourth-order valence-electron chi connectivity index (χ4n) is 2.01. The molecule has 0 saturated carbocycles. The molecule has 0 bridgehead atoms. The van der Waals surface area contributed by atoms with E-state index in [0.717, 1.165) is 0 Å². The van der Waals surface area contributed by atoms with Gasteiger partial charge in [0, 0.05) is 5.69 Å². The summed E-state index contributed by atoms with van der Waals surface area (Å²) >= 11 is 0. The van der Waals surface area contributed by atoms with Crippen molar-refractivity contribution in [3.8, 4) is 0 Å². The van der Waals surface area contributed by atoms with Crippen molar-refractivity contribution in [2.45, 2.75) is 31.5 Å². The van der Waals surface area contributed by atoms with Crippen molar-refractivity contribution in [2.75, 3.05) is 18.5 Å². The first-order valence-electron chi connectivity index (χ1n) is 6.72. The number of esters is 1. The molecule has 0 spiro atoms. The molecule has 116 valence electrons. The van der Waals surface area contributed by atoms with E-state index in [4.69, 9.17) is 9.47 Å². The predicted molar refractivity (Wildman–Crippen MR) is 73.8 cm³/mol. The van der Waals surface area contributed by atoms with Gasteiger partial charge < -0.3 is 30.1 Å². The van der Waals surface area contributed by atoms with E-state index in [0.29, 0.717) is 17.9 Å². The van der Waals surface area contributed by atoms with Crippen LogP contribution in [0.15, 0.2) is 24.3 Å². The van der Waals surface area contributed by atoms with E-state index < -0.39 is 30.5 Å². The molecule has 0 radical (unpaired) electrons. The zero-order valence-corrected chi connectivity index (χ0v) is 11.6. The molecule has 0 unspecified atom stereocenters. The standard InChI is InChI=1S/C14H19NO6/c1-2-20-14(19)8-3-5-9(6-4-8)15-13-12(18)11(17)10(16)7-21-13/h3-6,10-13,15-18H,2,7H2,1H3/t10-,11+,12-,13-/m1/s1. The SMILES string of the molecule is CCOC(=O)c1ccc(N[C@@H]2OC[C@@H](O)[C@H](O)[C@H]2O)cc1. The third-order valence-electron chi connectivity index (χ3n) is 3.21. The summed E-state index contributed by atoms with van der Waals surface area (Å²) in [5.41, 5.74) is 1.03. The van der Waals surface area contributed by atoms with E-state index in [1.165, 1.54) is 0 Å². The Morgan fingerprint density at radius 3 is 2.57 bits per heavy atom. The van der Waals surface area contributed by atoms with Crippen LogP contribution in [-0.4, -0.2) is 59.0 Å². The maximum atomic E-state index is 11.5. The molecule has 7 nitrogen and oxygen atoms in total. The lowest BCUT2D eigenvalue weighted by Crippen LogP contribution is -2.55. The van der Waals surface area contributed by atoms with Gasteiger partial charge in [0.1, 0.15) is 18.3 Å². The number of aliphatic hydroxyl groups is 3. The van der Waals surface area contributed by atoms with E-state index in [-0.39, 0.29) is 6.61 Å². The van der Waals surface area contributed by atoms with Gasteiger partial charge in [-0.2, -0.15) is 0 Å². The predicted octanol–water partition coefficient (Wildman–Crippen LogP) is -0.286. The second-order valence-corrected chi connectivity index (χ2v) is 4.74. The van der Waals surface area contributed by atoms with Crippen molar-refractivity contribution < 1.29 is 29.6 Å². The monoisotopic (exact) mass is 297 g/mol. The largest absolute Gasteiger partial charge is 0.462 e. The highest BCUT2D eigenvalue weighted by atomic mass is 16.5. The zero-order valence-electron chi connectivity index (χ0n) is 11.6. The Balaban J connectivity index is 1.99. The molecular formula is C14H19NO6. The Labute approximate surface area is 122 Å². The Bertz CT molecular complexity index is 477. The first kappa shape index (κ1) is 15.7. The first-order chi connectivity index (χ1) is 10.0. The third kappa shape index (κ3) is 3.70. The van der Waals surface area contributed by atoms with Crippen LogP contribution in [0, 0.1) is 0 Å². The van der Waals surface area contributed by atoms with Crippen LogP contribution in [0.5, 0.6) is 0 Å². The minimum absolute atomic E-state index is 0.0726. The smallest absolute Gasteiger partial charge is 0.338 e. The Kier molecular flexibility index (Phi) is 5.13. The number of hydrogen-bond acceptors (Lipinski definition) is 7. The van der Waals surface area contributed by atoms with Crippen LogP contribution in [-0.2, 0) is 9.47 Å². The van der Waals surface area contributed by atoms with Gasteiger partial charge in [-0.3, -0.25) is 0 Å². The van der Waals surface area contributed by atoms with E-state index in [2.05, 4.69) is 5.32 Å². The van der Waals surface area contributed by atoms with Crippen LogP contribution < -0.4 is 5.32 Å². The quantitative estimate of drug-likeness (QED) is 0.566. The maximum Gasteiger partial charge on any atom is 0.338 e. The number of benzene rings is 1. The van der Waals surface area contributed by atoms with Crippen LogP contribution in [0.3, 0.4) is 0 Å². The van der Waals surface area contributed by atoms with Gasteiger partial charge in [0.05, 0.1) is 18.8 Å². The minimum Gasteiger partial charge on any atom is -0.462 e. The summed E-state index contributed by atoms with van der Waals surface area (Å²) in [5, 5.41) is 31.6. The van der Waals surface area contributed by atoms with Crippen molar-refractivity contribution in [1.29, 1.82) is 0 Å². The van der Waals surface area contributed by atoms with Gasteiger partial charge in [0.15, 0.2) is 6.23 Å². The molecule has 0 amide bonds. The number of carbonyl (C=O) groups is 1. The molecule has 1 aromatic rings. The summed E-state index contributed by atoms with van der Waals surface area (Å²) < 4.78 is 10.1. The summed E-state index contributed by atoms with van der Waals surface area (Å²) in [4.78, 5) is 11.5. The summed E-state index contributed by atoms with van der Waals surface area (Å²) in [5.74, 6) is -0.406. The molecule has 4 atom stereocenters. The molecule has 1 heterocycles. The van der Waals surface area contributed by atoms with E-state index in [1.54, 1.807) is 31.2 Å². The second kappa shape index (κ2) is 6.86. The van der Waals surface area contributed by atoms with Crippen molar-refractivity contribution in [2.24, 2.45) is 0 Å². The minimum atomic E-state index is -1.27.